The van der Waals surface area contributed by atoms with Crippen molar-refractivity contribution in [2.75, 3.05) is 33.2 Å². The molecule has 0 spiro atoms. The van der Waals surface area contributed by atoms with Crippen LogP contribution in [-0.4, -0.2) is 70.8 Å². The minimum atomic E-state index is -0.0538. The molecule has 146 valence electrons. The third-order valence-electron chi connectivity index (χ3n) is 5.42. The van der Waals surface area contributed by atoms with Crippen molar-refractivity contribution >= 4 is 11.8 Å². The van der Waals surface area contributed by atoms with Gasteiger partial charge < -0.3 is 9.80 Å². The van der Waals surface area contributed by atoms with Gasteiger partial charge in [-0.2, -0.15) is 0 Å². The molecule has 2 atom stereocenters. The summed E-state index contributed by atoms with van der Waals surface area (Å²) in [6.07, 6.45) is 7.56. The van der Waals surface area contributed by atoms with Gasteiger partial charge >= 0.3 is 0 Å². The van der Waals surface area contributed by atoms with Crippen LogP contribution in [-0.2, 0) is 16.1 Å². The molecule has 0 aliphatic carbocycles. The molecule has 0 saturated carbocycles. The van der Waals surface area contributed by atoms with Gasteiger partial charge in [-0.25, -0.2) is 0 Å². The van der Waals surface area contributed by atoms with Crippen molar-refractivity contribution < 1.29 is 9.59 Å². The van der Waals surface area contributed by atoms with E-state index in [1.807, 2.05) is 40.1 Å². The molecule has 3 fully saturated rings. The van der Waals surface area contributed by atoms with E-state index in [1.165, 1.54) is 5.57 Å². The Labute approximate surface area is 161 Å². The Hall–Kier alpha value is -2.21. The molecule has 27 heavy (non-hydrogen) atoms. The zero-order valence-electron chi connectivity index (χ0n) is 16.6. The first kappa shape index (κ1) is 19.5. The lowest BCUT2D eigenvalue weighted by molar-refractivity contribution is -0.139. The van der Waals surface area contributed by atoms with E-state index in [0.29, 0.717) is 32.7 Å². The lowest BCUT2D eigenvalue weighted by Gasteiger charge is -2.35. The summed E-state index contributed by atoms with van der Waals surface area (Å²) in [7, 11) is 1.95. The summed E-state index contributed by atoms with van der Waals surface area (Å²) >= 11 is 0. The maximum absolute atomic E-state index is 12.9. The van der Waals surface area contributed by atoms with Crippen molar-refractivity contribution in [3.63, 3.8) is 0 Å². The summed E-state index contributed by atoms with van der Waals surface area (Å²) in [5.41, 5.74) is 2.31. The van der Waals surface area contributed by atoms with Crippen LogP contribution >= 0.6 is 0 Å². The van der Waals surface area contributed by atoms with Crippen molar-refractivity contribution in [2.24, 2.45) is 5.92 Å². The SMILES string of the molecule is CC(C)=CCN1C(=O)[C@H]2CC[C@@H]1CN(C(=O)CN(C)Cc1cccnc1)C2. The summed E-state index contributed by atoms with van der Waals surface area (Å²) < 4.78 is 0. The van der Waals surface area contributed by atoms with E-state index in [0.717, 1.165) is 18.4 Å². The molecule has 2 amide bonds. The Balaban J connectivity index is 1.61. The second-order valence-corrected chi connectivity index (χ2v) is 8.03. The monoisotopic (exact) mass is 370 g/mol. The second kappa shape index (κ2) is 8.65. The average Bonchev–Trinajstić information content (AvgIpc) is 2.92. The number of likely N-dealkylation sites (N-methyl/N-ethyl adjacent to an activating group) is 1. The van der Waals surface area contributed by atoms with Gasteiger partial charge in [-0.3, -0.25) is 19.5 Å². The van der Waals surface area contributed by atoms with Crippen LogP contribution in [0, 0.1) is 5.92 Å². The largest absolute Gasteiger partial charge is 0.339 e. The molecule has 3 aliphatic heterocycles. The van der Waals surface area contributed by atoms with Crippen LogP contribution < -0.4 is 0 Å². The molecule has 6 nitrogen and oxygen atoms in total. The predicted molar refractivity (Wildman–Crippen MR) is 105 cm³/mol. The van der Waals surface area contributed by atoms with E-state index < -0.39 is 0 Å². The second-order valence-electron chi connectivity index (χ2n) is 8.03. The predicted octanol–water partition coefficient (Wildman–Crippen LogP) is 1.93. The highest BCUT2D eigenvalue weighted by atomic mass is 16.2. The Bertz CT molecular complexity index is 699. The first-order chi connectivity index (χ1) is 12.9. The number of hydrogen-bond acceptors (Lipinski definition) is 4. The van der Waals surface area contributed by atoms with Crippen LogP contribution in [0.4, 0.5) is 0 Å². The van der Waals surface area contributed by atoms with Gasteiger partial charge in [0.15, 0.2) is 0 Å². The van der Waals surface area contributed by atoms with Crippen LogP contribution in [0.3, 0.4) is 0 Å². The topological polar surface area (TPSA) is 56.8 Å². The summed E-state index contributed by atoms with van der Waals surface area (Å²) in [6, 6.07) is 4.06. The Morgan fingerprint density at radius 1 is 1.33 bits per heavy atom. The quantitative estimate of drug-likeness (QED) is 0.718. The smallest absolute Gasteiger partial charge is 0.236 e. The molecule has 3 saturated heterocycles. The van der Waals surface area contributed by atoms with Crippen molar-refractivity contribution in [1.29, 1.82) is 0 Å². The van der Waals surface area contributed by atoms with Crippen molar-refractivity contribution in [3.05, 3.63) is 41.7 Å². The minimum Gasteiger partial charge on any atom is -0.339 e. The van der Waals surface area contributed by atoms with Crippen LogP contribution in [0.5, 0.6) is 0 Å². The number of carbonyl (C=O) groups excluding carboxylic acids is 2. The summed E-state index contributed by atoms with van der Waals surface area (Å²) in [6.45, 7) is 7.01. The number of aromatic nitrogens is 1. The van der Waals surface area contributed by atoms with Crippen LogP contribution in [0.2, 0.25) is 0 Å². The highest BCUT2D eigenvalue weighted by Gasteiger charge is 2.41. The lowest BCUT2D eigenvalue weighted by Crippen LogP contribution is -2.48. The summed E-state index contributed by atoms with van der Waals surface area (Å²) in [4.78, 5) is 35.7. The molecule has 4 rings (SSSR count). The third-order valence-corrected chi connectivity index (χ3v) is 5.42. The fourth-order valence-electron chi connectivity index (χ4n) is 3.96. The molecule has 3 aliphatic rings. The van der Waals surface area contributed by atoms with Gasteiger partial charge in [0.05, 0.1) is 12.5 Å². The fourth-order valence-corrected chi connectivity index (χ4v) is 3.96. The fraction of sp³-hybridized carbons (Fsp3) is 0.571. The number of rotatable bonds is 6. The van der Waals surface area contributed by atoms with Gasteiger partial charge in [-0.15, -0.1) is 0 Å². The molecule has 2 bridgehead atoms. The number of pyridine rings is 1. The van der Waals surface area contributed by atoms with Gasteiger partial charge in [0.25, 0.3) is 0 Å². The normalized spacial score (nSPS) is 22.1. The van der Waals surface area contributed by atoms with Gasteiger partial charge in [0.1, 0.15) is 0 Å². The van der Waals surface area contributed by atoms with Crippen molar-refractivity contribution in [3.8, 4) is 0 Å². The van der Waals surface area contributed by atoms with Gasteiger partial charge in [-0.05, 0) is 45.4 Å². The zero-order valence-corrected chi connectivity index (χ0v) is 16.6. The number of carbonyl (C=O) groups is 2. The Morgan fingerprint density at radius 2 is 2.15 bits per heavy atom. The Morgan fingerprint density at radius 3 is 2.85 bits per heavy atom. The number of nitrogens with zero attached hydrogens (tertiary/aromatic N) is 4. The molecule has 0 N–H and O–H groups in total. The Kier molecular flexibility index (Phi) is 6.26. The number of fused-ring (bicyclic) bond motifs is 4. The number of allylic oxidation sites excluding steroid dienone is 1. The maximum Gasteiger partial charge on any atom is 0.236 e. The number of hydrogen-bond donors (Lipinski definition) is 0. The van der Waals surface area contributed by atoms with Crippen LogP contribution in [0.1, 0.15) is 32.3 Å². The maximum atomic E-state index is 12.9. The number of piperidine rings is 1. The molecule has 4 heterocycles. The highest BCUT2D eigenvalue weighted by Crippen LogP contribution is 2.29. The highest BCUT2D eigenvalue weighted by molar-refractivity contribution is 5.84. The molecule has 6 heteroatoms. The van der Waals surface area contributed by atoms with E-state index in [9.17, 15) is 9.59 Å². The first-order valence-corrected chi connectivity index (χ1v) is 9.73. The van der Waals surface area contributed by atoms with Crippen molar-refractivity contribution in [1.82, 2.24) is 19.7 Å². The first-order valence-electron chi connectivity index (χ1n) is 9.73. The van der Waals surface area contributed by atoms with E-state index in [-0.39, 0.29) is 23.8 Å². The molecule has 1 aromatic heterocycles. The zero-order chi connectivity index (χ0) is 19.4. The van der Waals surface area contributed by atoms with Gasteiger partial charge in [-0.1, -0.05) is 17.7 Å². The molecule has 1 aromatic rings. The van der Waals surface area contributed by atoms with Gasteiger partial charge in [0, 0.05) is 44.6 Å². The van der Waals surface area contributed by atoms with E-state index >= 15 is 0 Å². The standard InChI is InChI=1S/C21H30N4O2/c1-16(2)8-10-25-19-7-6-18(21(25)27)13-24(14-19)20(26)15-23(3)12-17-5-4-9-22-11-17/h4-5,8-9,11,18-19H,6-7,10,12-15H2,1-3H3/t18-,19+/m0/s1. The van der Waals surface area contributed by atoms with E-state index in [4.69, 9.17) is 0 Å². The molecular formula is C21H30N4O2. The third kappa shape index (κ3) is 4.95. The van der Waals surface area contributed by atoms with Crippen LogP contribution in [0.25, 0.3) is 0 Å². The summed E-state index contributed by atoms with van der Waals surface area (Å²) in [5, 5.41) is 0. The molecular weight excluding hydrogens is 340 g/mol. The summed E-state index contributed by atoms with van der Waals surface area (Å²) in [5.74, 6) is 0.264. The molecule has 0 aromatic carbocycles. The molecule has 0 unspecified atom stereocenters. The average molecular weight is 370 g/mol. The minimum absolute atomic E-state index is 0.0538. The molecule has 0 radical (unpaired) electrons. The van der Waals surface area contributed by atoms with E-state index in [2.05, 4.69) is 24.9 Å². The van der Waals surface area contributed by atoms with Crippen LogP contribution in [0.15, 0.2) is 36.2 Å². The van der Waals surface area contributed by atoms with Gasteiger partial charge in [0.2, 0.25) is 11.8 Å². The van der Waals surface area contributed by atoms with E-state index in [1.54, 1.807) is 6.20 Å². The number of amides is 2. The van der Waals surface area contributed by atoms with Crippen molar-refractivity contribution in [2.45, 2.75) is 39.3 Å². The lowest BCUT2D eigenvalue weighted by atomic mass is 9.94.